The number of nitrogens with one attached hydrogen (secondary N) is 1. The maximum atomic E-state index is 12.2. The SMILES string of the molecule is O=C(OCc1csc(Nc2ccccc2)n1)[C@@H]1C[C@@H]2C=C[C@H]1C2. The van der Waals surface area contributed by atoms with Crippen LogP contribution >= 0.6 is 11.3 Å². The molecule has 0 unspecified atom stereocenters. The first kappa shape index (κ1) is 14.5. The van der Waals surface area contributed by atoms with Gasteiger partial charge in [0.25, 0.3) is 0 Å². The molecule has 2 aliphatic carbocycles. The van der Waals surface area contributed by atoms with Crippen LogP contribution in [0.15, 0.2) is 47.9 Å². The summed E-state index contributed by atoms with van der Waals surface area (Å²) in [6.45, 7) is 0.253. The molecule has 4 nitrogen and oxygen atoms in total. The first-order chi connectivity index (χ1) is 11.3. The molecular weight excluding hydrogens is 308 g/mol. The third-order valence-electron chi connectivity index (χ3n) is 4.52. The lowest BCUT2D eigenvalue weighted by atomic mass is 9.94. The van der Waals surface area contributed by atoms with E-state index in [9.17, 15) is 4.79 Å². The van der Waals surface area contributed by atoms with E-state index in [0.717, 1.165) is 29.4 Å². The number of hydrogen-bond acceptors (Lipinski definition) is 5. The minimum atomic E-state index is -0.0765. The van der Waals surface area contributed by atoms with Gasteiger partial charge in [0.1, 0.15) is 6.61 Å². The van der Waals surface area contributed by atoms with E-state index in [1.54, 1.807) is 0 Å². The van der Waals surface area contributed by atoms with Crippen molar-refractivity contribution in [2.75, 3.05) is 5.32 Å². The van der Waals surface area contributed by atoms with Gasteiger partial charge in [0, 0.05) is 11.1 Å². The fourth-order valence-electron chi connectivity index (χ4n) is 3.38. The maximum Gasteiger partial charge on any atom is 0.309 e. The van der Waals surface area contributed by atoms with Crippen LogP contribution in [0.25, 0.3) is 0 Å². The van der Waals surface area contributed by atoms with Crippen LogP contribution in [0.4, 0.5) is 10.8 Å². The zero-order chi connectivity index (χ0) is 15.6. The van der Waals surface area contributed by atoms with Gasteiger partial charge in [0.05, 0.1) is 11.6 Å². The molecule has 1 saturated carbocycles. The quantitative estimate of drug-likeness (QED) is 0.663. The summed E-state index contributed by atoms with van der Waals surface area (Å²) in [7, 11) is 0. The molecule has 1 N–H and O–H groups in total. The standard InChI is InChI=1S/C18H18N2O2S/c21-17(16-9-12-6-7-13(16)8-12)22-10-15-11-23-18(20-15)19-14-4-2-1-3-5-14/h1-7,11-13,16H,8-10H2,(H,19,20)/t12-,13+,16-/m1/s1. The Kier molecular flexibility index (Phi) is 3.87. The van der Waals surface area contributed by atoms with Crippen molar-refractivity contribution in [3.63, 3.8) is 0 Å². The summed E-state index contributed by atoms with van der Waals surface area (Å²) in [5.74, 6) is 0.940. The molecule has 5 heteroatoms. The van der Waals surface area contributed by atoms with Gasteiger partial charge in [-0.05, 0) is 36.8 Å². The van der Waals surface area contributed by atoms with Gasteiger partial charge in [-0.1, -0.05) is 30.4 Å². The van der Waals surface area contributed by atoms with Crippen molar-refractivity contribution < 1.29 is 9.53 Å². The molecule has 4 rings (SSSR count). The van der Waals surface area contributed by atoms with Crippen molar-refractivity contribution in [2.24, 2.45) is 17.8 Å². The summed E-state index contributed by atoms with van der Waals surface area (Å²) in [5, 5.41) is 5.99. The molecular formula is C18H18N2O2S. The van der Waals surface area contributed by atoms with Crippen molar-refractivity contribution in [1.29, 1.82) is 0 Å². The minimum Gasteiger partial charge on any atom is -0.459 e. The number of fused-ring (bicyclic) bond motifs is 2. The maximum absolute atomic E-state index is 12.2. The van der Waals surface area contributed by atoms with Crippen molar-refractivity contribution >= 4 is 28.1 Å². The smallest absolute Gasteiger partial charge is 0.309 e. The van der Waals surface area contributed by atoms with Crippen molar-refractivity contribution in [1.82, 2.24) is 4.98 Å². The molecule has 3 atom stereocenters. The Hall–Kier alpha value is -2.14. The van der Waals surface area contributed by atoms with Crippen molar-refractivity contribution in [3.05, 3.63) is 53.6 Å². The first-order valence-electron chi connectivity index (χ1n) is 7.89. The Morgan fingerprint density at radius 1 is 1.26 bits per heavy atom. The van der Waals surface area contributed by atoms with Gasteiger partial charge in [-0.15, -0.1) is 11.3 Å². The highest BCUT2D eigenvalue weighted by molar-refractivity contribution is 7.13. The van der Waals surface area contributed by atoms with Gasteiger partial charge < -0.3 is 10.1 Å². The Balaban J connectivity index is 1.31. The number of aromatic nitrogens is 1. The van der Waals surface area contributed by atoms with Gasteiger partial charge >= 0.3 is 5.97 Å². The number of esters is 1. The van der Waals surface area contributed by atoms with Gasteiger partial charge in [-0.3, -0.25) is 4.79 Å². The average Bonchev–Trinajstić information content (AvgIpc) is 3.30. The van der Waals surface area contributed by atoms with Crippen LogP contribution in [0.1, 0.15) is 18.5 Å². The summed E-state index contributed by atoms with van der Waals surface area (Å²) >= 11 is 1.52. The molecule has 0 saturated heterocycles. The number of nitrogens with zero attached hydrogens (tertiary/aromatic N) is 1. The zero-order valence-corrected chi connectivity index (χ0v) is 13.5. The molecule has 0 amide bonds. The molecule has 0 spiro atoms. The Bertz CT molecular complexity index is 726. The lowest BCUT2D eigenvalue weighted by Gasteiger charge is -2.16. The fraction of sp³-hybridized carbons (Fsp3) is 0.333. The summed E-state index contributed by atoms with van der Waals surface area (Å²) < 4.78 is 5.47. The highest BCUT2D eigenvalue weighted by atomic mass is 32.1. The van der Waals surface area contributed by atoms with Crippen LogP contribution in [0, 0.1) is 17.8 Å². The van der Waals surface area contributed by atoms with E-state index in [2.05, 4.69) is 22.5 Å². The van der Waals surface area contributed by atoms with Crippen LogP contribution in [-0.2, 0) is 16.1 Å². The second-order valence-electron chi connectivity index (χ2n) is 6.13. The molecule has 0 aliphatic heterocycles. The second kappa shape index (κ2) is 6.16. The van der Waals surface area contributed by atoms with Crippen molar-refractivity contribution in [3.8, 4) is 0 Å². The number of hydrogen-bond donors (Lipinski definition) is 1. The van der Waals surface area contributed by atoms with E-state index in [1.807, 2.05) is 35.7 Å². The van der Waals surface area contributed by atoms with E-state index in [1.165, 1.54) is 11.3 Å². The Labute approximate surface area is 139 Å². The third kappa shape index (κ3) is 3.15. The van der Waals surface area contributed by atoms with E-state index in [0.29, 0.717) is 11.8 Å². The number of carbonyl (C=O) groups is 1. The molecule has 118 valence electrons. The van der Waals surface area contributed by atoms with Gasteiger partial charge in [0.15, 0.2) is 5.13 Å². The van der Waals surface area contributed by atoms with E-state index in [-0.39, 0.29) is 18.5 Å². The summed E-state index contributed by atoms with van der Waals surface area (Å²) in [4.78, 5) is 16.7. The topological polar surface area (TPSA) is 51.2 Å². The van der Waals surface area contributed by atoms with Crippen LogP contribution in [0.2, 0.25) is 0 Å². The van der Waals surface area contributed by atoms with Crippen LogP contribution in [0.5, 0.6) is 0 Å². The molecule has 1 heterocycles. The Morgan fingerprint density at radius 2 is 2.13 bits per heavy atom. The molecule has 2 aliphatic rings. The predicted octanol–water partition coefficient (Wildman–Crippen LogP) is 4.14. The lowest BCUT2D eigenvalue weighted by Crippen LogP contribution is -2.21. The summed E-state index contributed by atoms with van der Waals surface area (Å²) in [6.07, 6.45) is 6.46. The van der Waals surface area contributed by atoms with E-state index < -0.39 is 0 Å². The lowest BCUT2D eigenvalue weighted by molar-refractivity contribution is -0.150. The third-order valence-corrected chi connectivity index (χ3v) is 5.33. The molecule has 1 aromatic heterocycles. The molecule has 23 heavy (non-hydrogen) atoms. The van der Waals surface area contributed by atoms with Crippen molar-refractivity contribution in [2.45, 2.75) is 19.4 Å². The molecule has 2 aromatic rings. The van der Waals surface area contributed by atoms with Gasteiger partial charge in [0.2, 0.25) is 0 Å². The van der Waals surface area contributed by atoms with E-state index in [4.69, 9.17) is 4.74 Å². The highest BCUT2D eigenvalue weighted by Gasteiger charge is 2.40. The zero-order valence-electron chi connectivity index (χ0n) is 12.6. The number of allylic oxidation sites excluding steroid dienone is 2. The largest absolute Gasteiger partial charge is 0.459 e. The number of para-hydroxylation sites is 1. The fourth-order valence-corrected chi connectivity index (χ4v) is 4.09. The molecule has 1 aromatic carbocycles. The van der Waals surface area contributed by atoms with E-state index >= 15 is 0 Å². The number of carbonyl (C=O) groups excluding carboxylic acids is 1. The monoisotopic (exact) mass is 326 g/mol. The molecule has 1 fully saturated rings. The number of benzene rings is 1. The van der Waals surface area contributed by atoms with Gasteiger partial charge in [-0.25, -0.2) is 4.98 Å². The van der Waals surface area contributed by atoms with Crippen LogP contribution in [-0.4, -0.2) is 11.0 Å². The van der Waals surface area contributed by atoms with Crippen LogP contribution < -0.4 is 5.32 Å². The number of thiazole rings is 1. The molecule has 2 bridgehead atoms. The normalized spacial score (nSPS) is 24.8. The second-order valence-corrected chi connectivity index (χ2v) is 6.99. The summed E-state index contributed by atoms with van der Waals surface area (Å²) in [6, 6.07) is 9.90. The summed E-state index contributed by atoms with van der Waals surface area (Å²) in [5.41, 5.74) is 1.79. The van der Waals surface area contributed by atoms with Gasteiger partial charge in [-0.2, -0.15) is 0 Å². The average molecular weight is 326 g/mol. The highest BCUT2D eigenvalue weighted by Crippen LogP contribution is 2.43. The predicted molar refractivity (Wildman–Crippen MR) is 90.5 cm³/mol. The number of rotatable bonds is 5. The number of anilines is 2. The first-order valence-corrected chi connectivity index (χ1v) is 8.77. The van der Waals surface area contributed by atoms with Crippen LogP contribution in [0.3, 0.4) is 0 Å². The minimum absolute atomic E-state index is 0.0468. The molecule has 0 radical (unpaired) electrons. The Morgan fingerprint density at radius 3 is 2.87 bits per heavy atom. The number of ether oxygens (including phenoxy) is 1.